The number of likely N-dealkylation sites (tertiary alicyclic amines) is 1. The highest BCUT2D eigenvalue weighted by atomic mass is 35.5. The standard InChI is InChI=1S/C23H24ClN3O3S2/c1-15-19-13-16(24)8-9-22(19)31-23(15)32(28,29)26-17-10-12-27(14-17)11-4-6-20-18-5-2-3-7-21(18)30-25-20/h2-3,5,7-9,13,17,26H,4,6,10-12,14H2,1H3/t17-/m1/s1. The van der Waals surface area contributed by atoms with Gasteiger partial charge in [-0.05, 0) is 80.6 Å². The summed E-state index contributed by atoms with van der Waals surface area (Å²) in [5, 5.41) is 6.78. The van der Waals surface area contributed by atoms with Crippen molar-refractivity contribution in [2.45, 2.75) is 36.4 Å². The van der Waals surface area contributed by atoms with Gasteiger partial charge in [0.05, 0.1) is 5.69 Å². The van der Waals surface area contributed by atoms with Gasteiger partial charge in [0.2, 0.25) is 0 Å². The zero-order chi connectivity index (χ0) is 22.3. The fraction of sp³-hybridized carbons (Fsp3) is 0.348. The zero-order valence-corrected chi connectivity index (χ0v) is 20.1. The minimum atomic E-state index is -3.58. The van der Waals surface area contributed by atoms with Crippen molar-refractivity contribution in [3.05, 3.63) is 58.7 Å². The normalized spacial score (nSPS) is 17.6. The number of sulfonamides is 1. The van der Waals surface area contributed by atoms with Crippen molar-refractivity contribution in [1.82, 2.24) is 14.8 Å². The van der Waals surface area contributed by atoms with E-state index in [1.54, 1.807) is 6.07 Å². The van der Waals surface area contributed by atoms with Gasteiger partial charge in [0, 0.05) is 27.7 Å². The SMILES string of the molecule is Cc1c(S(=O)(=O)N[C@@H]2CCN(CCCc3noc4ccccc34)C2)sc2ccc(Cl)cc12. The number of para-hydroxylation sites is 1. The molecule has 1 saturated heterocycles. The Morgan fingerprint density at radius 1 is 1.25 bits per heavy atom. The van der Waals surface area contributed by atoms with Gasteiger partial charge >= 0.3 is 0 Å². The van der Waals surface area contributed by atoms with E-state index < -0.39 is 10.0 Å². The van der Waals surface area contributed by atoms with Crippen molar-refractivity contribution in [2.24, 2.45) is 0 Å². The summed E-state index contributed by atoms with van der Waals surface area (Å²) in [7, 11) is -3.58. The van der Waals surface area contributed by atoms with Crippen LogP contribution in [0.2, 0.25) is 5.02 Å². The number of aromatic nitrogens is 1. The average Bonchev–Trinajstić information content (AvgIpc) is 3.47. The molecule has 1 aliphatic rings. The van der Waals surface area contributed by atoms with Crippen LogP contribution in [0.3, 0.4) is 0 Å². The molecular formula is C23H24ClN3O3S2. The van der Waals surface area contributed by atoms with Crippen LogP contribution in [0.1, 0.15) is 24.1 Å². The zero-order valence-electron chi connectivity index (χ0n) is 17.7. The summed E-state index contributed by atoms with van der Waals surface area (Å²) in [5.41, 5.74) is 2.56. The predicted molar refractivity (Wildman–Crippen MR) is 129 cm³/mol. The van der Waals surface area contributed by atoms with Crippen molar-refractivity contribution in [1.29, 1.82) is 0 Å². The molecule has 0 aliphatic carbocycles. The summed E-state index contributed by atoms with van der Waals surface area (Å²) in [6.45, 7) is 4.35. The molecule has 2 aromatic heterocycles. The number of fused-ring (bicyclic) bond motifs is 2. The molecule has 32 heavy (non-hydrogen) atoms. The number of benzene rings is 2. The Balaban J connectivity index is 1.19. The van der Waals surface area contributed by atoms with E-state index in [2.05, 4.69) is 14.8 Å². The van der Waals surface area contributed by atoms with E-state index in [1.807, 2.05) is 43.3 Å². The van der Waals surface area contributed by atoms with Crippen LogP contribution in [-0.4, -0.2) is 44.2 Å². The molecule has 1 atom stereocenters. The van der Waals surface area contributed by atoms with Crippen molar-refractivity contribution in [3.63, 3.8) is 0 Å². The van der Waals surface area contributed by atoms with Gasteiger partial charge in [0.25, 0.3) is 10.0 Å². The van der Waals surface area contributed by atoms with Crippen LogP contribution in [0.15, 0.2) is 51.2 Å². The minimum absolute atomic E-state index is 0.0823. The van der Waals surface area contributed by atoms with Crippen LogP contribution in [0.25, 0.3) is 21.1 Å². The first-order valence-electron chi connectivity index (χ1n) is 10.7. The van der Waals surface area contributed by atoms with Crippen molar-refractivity contribution in [2.75, 3.05) is 19.6 Å². The Hall–Kier alpha value is -1.97. The monoisotopic (exact) mass is 489 g/mol. The van der Waals surface area contributed by atoms with Crippen LogP contribution in [-0.2, 0) is 16.4 Å². The lowest BCUT2D eigenvalue weighted by molar-refractivity contribution is 0.326. The third kappa shape index (κ3) is 4.30. The molecule has 6 nitrogen and oxygen atoms in total. The summed E-state index contributed by atoms with van der Waals surface area (Å²) in [6, 6.07) is 13.3. The number of hydrogen-bond acceptors (Lipinski definition) is 6. The highest BCUT2D eigenvalue weighted by Gasteiger charge is 2.29. The van der Waals surface area contributed by atoms with Gasteiger partial charge in [0.15, 0.2) is 5.58 Å². The van der Waals surface area contributed by atoms with Gasteiger partial charge in [-0.1, -0.05) is 28.9 Å². The number of hydrogen-bond donors (Lipinski definition) is 1. The van der Waals surface area contributed by atoms with Crippen molar-refractivity contribution < 1.29 is 12.9 Å². The molecule has 168 valence electrons. The first kappa shape index (κ1) is 21.9. The van der Waals surface area contributed by atoms with Crippen LogP contribution in [0.4, 0.5) is 0 Å². The number of aryl methyl sites for hydroxylation is 2. The molecular weight excluding hydrogens is 466 g/mol. The van der Waals surface area contributed by atoms with Gasteiger partial charge in [-0.15, -0.1) is 11.3 Å². The number of halogens is 1. The number of rotatable bonds is 7. The first-order chi connectivity index (χ1) is 15.4. The lowest BCUT2D eigenvalue weighted by Crippen LogP contribution is -2.37. The van der Waals surface area contributed by atoms with Gasteiger partial charge in [-0.2, -0.15) is 0 Å². The quantitative estimate of drug-likeness (QED) is 0.396. The fourth-order valence-corrected chi connectivity index (χ4v) is 7.62. The Morgan fingerprint density at radius 3 is 2.97 bits per heavy atom. The average molecular weight is 490 g/mol. The summed E-state index contributed by atoms with van der Waals surface area (Å²) in [6.07, 6.45) is 2.60. The second-order valence-electron chi connectivity index (χ2n) is 8.29. The first-order valence-corrected chi connectivity index (χ1v) is 13.3. The Labute approximate surface area is 196 Å². The van der Waals surface area contributed by atoms with Crippen LogP contribution < -0.4 is 4.72 Å². The van der Waals surface area contributed by atoms with E-state index >= 15 is 0 Å². The van der Waals surface area contributed by atoms with E-state index in [1.165, 1.54) is 11.3 Å². The van der Waals surface area contributed by atoms with Gasteiger partial charge in [-0.25, -0.2) is 13.1 Å². The van der Waals surface area contributed by atoms with E-state index in [0.29, 0.717) is 15.8 Å². The third-order valence-electron chi connectivity index (χ3n) is 6.03. The molecule has 0 saturated carbocycles. The Kier molecular flexibility index (Phi) is 5.98. The van der Waals surface area contributed by atoms with E-state index in [0.717, 1.165) is 64.7 Å². The molecule has 2 aromatic carbocycles. The van der Waals surface area contributed by atoms with Crippen LogP contribution in [0, 0.1) is 6.92 Å². The molecule has 0 amide bonds. The van der Waals surface area contributed by atoms with Crippen LogP contribution in [0.5, 0.6) is 0 Å². The van der Waals surface area contributed by atoms with E-state index in [9.17, 15) is 8.42 Å². The van der Waals surface area contributed by atoms with Crippen molar-refractivity contribution >= 4 is 54.0 Å². The third-order valence-corrected chi connectivity index (χ3v) is 9.68. The smallest absolute Gasteiger partial charge is 0.250 e. The highest BCUT2D eigenvalue weighted by molar-refractivity contribution is 7.91. The largest absolute Gasteiger partial charge is 0.356 e. The number of thiophene rings is 1. The molecule has 0 unspecified atom stereocenters. The van der Waals surface area contributed by atoms with E-state index in [4.69, 9.17) is 16.1 Å². The lowest BCUT2D eigenvalue weighted by atomic mass is 10.1. The summed E-state index contributed by atoms with van der Waals surface area (Å²) >= 11 is 7.39. The summed E-state index contributed by atoms with van der Waals surface area (Å²) in [4.78, 5) is 2.31. The highest BCUT2D eigenvalue weighted by Crippen LogP contribution is 2.35. The summed E-state index contributed by atoms with van der Waals surface area (Å²) < 4.78 is 35.8. The topological polar surface area (TPSA) is 75.4 Å². The summed E-state index contributed by atoms with van der Waals surface area (Å²) in [5.74, 6) is 0. The Morgan fingerprint density at radius 2 is 2.09 bits per heavy atom. The fourth-order valence-electron chi connectivity index (χ4n) is 4.42. The predicted octanol–water partition coefficient (Wildman–Crippen LogP) is 4.99. The Bertz CT molecular complexity index is 1380. The maximum Gasteiger partial charge on any atom is 0.250 e. The van der Waals surface area contributed by atoms with E-state index in [-0.39, 0.29) is 6.04 Å². The molecule has 5 rings (SSSR count). The minimum Gasteiger partial charge on any atom is -0.356 e. The molecule has 3 heterocycles. The molecule has 0 bridgehead atoms. The van der Waals surface area contributed by atoms with Crippen molar-refractivity contribution in [3.8, 4) is 0 Å². The van der Waals surface area contributed by atoms with Gasteiger partial charge in [-0.3, -0.25) is 0 Å². The maximum absolute atomic E-state index is 13.1. The van der Waals surface area contributed by atoms with Gasteiger partial charge < -0.3 is 9.42 Å². The van der Waals surface area contributed by atoms with Crippen LogP contribution >= 0.6 is 22.9 Å². The second-order valence-corrected chi connectivity index (χ2v) is 11.7. The molecule has 1 fully saturated rings. The maximum atomic E-state index is 13.1. The molecule has 9 heteroatoms. The molecule has 4 aromatic rings. The molecule has 1 aliphatic heterocycles. The number of nitrogens with one attached hydrogen (secondary N) is 1. The molecule has 0 radical (unpaired) electrons. The molecule has 1 N–H and O–H groups in total. The number of nitrogens with zero attached hydrogens (tertiary/aromatic N) is 2. The second kappa shape index (κ2) is 8.76. The lowest BCUT2D eigenvalue weighted by Gasteiger charge is -2.16. The molecule has 0 spiro atoms. The van der Waals surface area contributed by atoms with Gasteiger partial charge in [0.1, 0.15) is 4.21 Å².